The molecule has 0 radical (unpaired) electrons. The van der Waals surface area contributed by atoms with Crippen molar-refractivity contribution in [3.8, 4) is 0 Å². The number of carboxylic acid groups (broad SMARTS) is 1. The fraction of sp³-hybridized carbons (Fsp3) is 0.857. The Labute approximate surface area is 65.7 Å². The molecule has 0 saturated carbocycles. The van der Waals surface area contributed by atoms with Gasteiger partial charge in [-0.15, -0.1) is 0 Å². The van der Waals surface area contributed by atoms with Crippen molar-refractivity contribution in [1.82, 2.24) is 5.06 Å². The summed E-state index contributed by atoms with van der Waals surface area (Å²) in [5, 5.41) is 10.2. The lowest BCUT2D eigenvalue weighted by Gasteiger charge is -2.18. The first-order valence-corrected chi connectivity index (χ1v) is 3.88. The molecule has 0 aliphatic carbocycles. The van der Waals surface area contributed by atoms with Crippen LogP contribution in [-0.2, 0) is 9.63 Å². The minimum atomic E-state index is -0.782. The van der Waals surface area contributed by atoms with Gasteiger partial charge in [-0.25, -0.2) is 0 Å². The highest BCUT2D eigenvalue weighted by Gasteiger charge is 2.30. The van der Waals surface area contributed by atoms with E-state index in [2.05, 4.69) is 0 Å². The van der Waals surface area contributed by atoms with Gasteiger partial charge in [0.1, 0.15) is 6.04 Å². The van der Waals surface area contributed by atoms with Gasteiger partial charge in [0.15, 0.2) is 0 Å². The lowest BCUT2D eigenvalue weighted by Crippen LogP contribution is -2.35. The molecule has 11 heavy (non-hydrogen) atoms. The Balaban J connectivity index is 2.44. The lowest BCUT2D eigenvalue weighted by molar-refractivity contribution is -0.183. The number of aliphatic carboxylic acids is 1. The van der Waals surface area contributed by atoms with Crippen LogP contribution in [0.5, 0.6) is 0 Å². The maximum absolute atomic E-state index is 10.6. The van der Waals surface area contributed by atoms with Crippen molar-refractivity contribution in [1.29, 1.82) is 0 Å². The molecule has 0 bridgehead atoms. The summed E-state index contributed by atoms with van der Waals surface area (Å²) in [4.78, 5) is 15.7. The van der Waals surface area contributed by atoms with Crippen molar-refractivity contribution in [2.45, 2.75) is 25.8 Å². The van der Waals surface area contributed by atoms with Gasteiger partial charge in [0, 0.05) is 6.54 Å². The van der Waals surface area contributed by atoms with Crippen LogP contribution in [0.25, 0.3) is 0 Å². The number of hydrogen-bond acceptors (Lipinski definition) is 3. The monoisotopic (exact) mass is 159 g/mol. The Bertz CT molecular complexity index is 149. The van der Waals surface area contributed by atoms with Crippen LogP contribution >= 0.6 is 0 Å². The summed E-state index contributed by atoms with van der Waals surface area (Å²) < 4.78 is 0. The molecule has 1 aliphatic rings. The highest BCUT2D eigenvalue weighted by molar-refractivity contribution is 5.73. The van der Waals surface area contributed by atoms with Gasteiger partial charge in [0.05, 0.1) is 6.61 Å². The third-order valence-corrected chi connectivity index (χ3v) is 1.78. The molecule has 0 aromatic carbocycles. The second-order valence-corrected chi connectivity index (χ2v) is 2.55. The molecular formula is C7H13NO3. The van der Waals surface area contributed by atoms with Crippen molar-refractivity contribution >= 4 is 5.97 Å². The normalized spacial score (nSPS) is 25.7. The molecule has 4 heteroatoms. The van der Waals surface area contributed by atoms with Gasteiger partial charge in [0.25, 0.3) is 0 Å². The highest BCUT2D eigenvalue weighted by atomic mass is 16.7. The number of carboxylic acids is 1. The predicted octanol–water partition coefficient (Wildman–Crippen LogP) is 0.487. The Morgan fingerprint density at radius 2 is 2.55 bits per heavy atom. The molecule has 0 aromatic heterocycles. The topological polar surface area (TPSA) is 49.8 Å². The molecule has 0 unspecified atom stereocenters. The standard InChI is InChI=1S/C7H13NO3/c1-2-11-8-5-3-4-6(8)7(9)10/h6H,2-5H2,1H3,(H,9,10)/t6-/m0/s1. The molecule has 4 nitrogen and oxygen atoms in total. The zero-order valence-electron chi connectivity index (χ0n) is 6.62. The second kappa shape index (κ2) is 3.69. The molecule has 0 amide bonds. The number of carbonyl (C=O) groups is 1. The molecule has 1 fully saturated rings. The van der Waals surface area contributed by atoms with Crippen LogP contribution in [0.2, 0.25) is 0 Å². The molecule has 1 rings (SSSR count). The molecule has 1 aliphatic heterocycles. The first-order chi connectivity index (χ1) is 5.25. The van der Waals surface area contributed by atoms with Crippen LogP contribution in [-0.4, -0.2) is 35.3 Å². The van der Waals surface area contributed by atoms with E-state index in [1.54, 1.807) is 5.06 Å². The van der Waals surface area contributed by atoms with E-state index >= 15 is 0 Å². The Morgan fingerprint density at radius 3 is 3.09 bits per heavy atom. The van der Waals surface area contributed by atoms with Gasteiger partial charge in [-0.3, -0.25) is 9.63 Å². The zero-order chi connectivity index (χ0) is 8.27. The third kappa shape index (κ3) is 1.91. The SMILES string of the molecule is CCON1CCC[C@H]1C(=O)O. The number of rotatable bonds is 3. The number of nitrogens with zero attached hydrogens (tertiary/aromatic N) is 1. The summed E-state index contributed by atoms with van der Waals surface area (Å²) >= 11 is 0. The molecule has 64 valence electrons. The molecule has 1 saturated heterocycles. The first kappa shape index (κ1) is 8.49. The fourth-order valence-corrected chi connectivity index (χ4v) is 1.31. The van der Waals surface area contributed by atoms with Crippen LogP contribution < -0.4 is 0 Å². The van der Waals surface area contributed by atoms with Crippen LogP contribution in [0, 0.1) is 0 Å². The zero-order valence-corrected chi connectivity index (χ0v) is 6.62. The van der Waals surface area contributed by atoms with Gasteiger partial charge in [-0.1, -0.05) is 0 Å². The molecule has 1 atom stereocenters. The van der Waals surface area contributed by atoms with Gasteiger partial charge in [-0.2, -0.15) is 5.06 Å². The predicted molar refractivity (Wildman–Crippen MR) is 39.0 cm³/mol. The van der Waals surface area contributed by atoms with Crippen LogP contribution in [0.1, 0.15) is 19.8 Å². The molecule has 0 aromatic rings. The lowest BCUT2D eigenvalue weighted by atomic mass is 10.2. The summed E-state index contributed by atoms with van der Waals surface area (Å²) in [6.07, 6.45) is 1.62. The summed E-state index contributed by atoms with van der Waals surface area (Å²) in [6, 6.07) is -0.421. The van der Waals surface area contributed by atoms with Crippen molar-refractivity contribution in [3.05, 3.63) is 0 Å². The van der Waals surface area contributed by atoms with Crippen molar-refractivity contribution in [3.63, 3.8) is 0 Å². The quantitative estimate of drug-likeness (QED) is 0.651. The van der Waals surface area contributed by atoms with Gasteiger partial charge in [0.2, 0.25) is 0 Å². The third-order valence-electron chi connectivity index (χ3n) is 1.78. The van der Waals surface area contributed by atoms with E-state index in [0.717, 1.165) is 13.0 Å². The minimum absolute atomic E-state index is 0.421. The van der Waals surface area contributed by atoms with Crippen molar-refractivity contribution in [2.24, 2.45) is 0 Å². The smallest absolute Gasteiger partial charge is 0.323 e. The van der Waals surface area contributed by atoms with Gasteiger partial charge < -0.3 is 5.11 Å². The maximum atomic E-state index is 10.6. The minimum Gasteiger partial charge on any atom is -0.480 e. The average Bonchev–Trinajstić information content (AvgIpc) is 2.36. The van der Waals surface area contributed by atoms with Crippen molar-refractivity contribution in [2.75, 3.05) is 13.2 Å². The van der Waals surface area contributed by atoms with Crippen LogP contribution in [0.4, 0.5) is 0 Å². The summed E-state index contributed by atoms with van der Waals surface area (Å²) in [7, 11) is 0. The van der Waals surface area contributed by atoms with E-state index in [9.17, 15) is 4.79 Å². The van der Waals surface area contributed by atoms with E-state index in [1.807, 2.05) is 6.92 Å². The van der Waals surface area contributed by atoms with Gasteiger partial charge >= 0.3 is 5.97 Å². The van der Waals surface area contributed by atoms with E-state index in [1.165, 1.54) is 0 Å². The van der Waals surface area contributed by atoms with Gasteiger partial charge in [-0.05, 0) is 19.8 Å². The maximum Gasteiger partial charge on any atom is 0.323 e. The molecule has 1 N–H and O–H groups in total. The number of hydroxylamine groups is 2. The molecule has 1 heterocycles. The largest absolute Gasteiger partial charge is 0.480 e. The fourth-order valence-electron chi connectivity index (χ4n) is 1.31. The molecular weight excluding hydrogens is 146 g/mol. The summed E-state index contributed by atoms with van der Waals surface area (Å²) in [5.41, 5.74) is 0. The van der Waals surface area contributed by atoms with Crippen LogP contribution in [0.15, 0.2) is 0 Å². The number of hydrogen-bond donors (Lipinski definition) is 1. The summed E-state index contributed by atoms with van der Waals surface area (Å²) in [5.74, 6) is -0.782. The van der Waals surface area contributed by atoms with E-state index in [0.29, 0.717) is 13.0 Å². The average molecular weight is 159 g/mol. The summed E-state index contributed by atoms with van der Waals surface area (Å²) in [6.45, 7) is 3.14. The van der Waals surface area contributed by atoms with E-state index in [4.69, 9.17) is 9.94 Å². The Kier molecular flexibility index (Phi) is 2.84. The Morgan fingerprint density at radius 1 is 1.82 bits per heavy atom. The van der Waals surface area contributed by atoms with E-state index < -0.39 is 12.0 Å². The van der Waals surface area contributed by atoms with Crippen LogP contribution in [0.3, 0.4) is 0 Å². The highest BCUT2D eigenvalue weighted by Crippen LogP contribution is 2.16. The molecule has 0 spiro atoms. The van der Waals surface area contributed by atoms with E-state index in [-0.39, 0.29) is 0 Å². The Hall–Kier alpha value is -0.610. The second-order valence-electron chi connectivity index (χ2n) is 2.55. The first-order valence-electron chi connectivity index (χ1n) is 3.88. The van der Waals surface area contributed by atoms with Crippen molar-refractivity contribution < 1.29 is 14.7 Å².